The van der Waals surface area contributed by atoms with Gasteiger partial charge in [0.25, 0.3) is 0 Å². The number of aryl methyl sites for hydroxylation is 1. The summed E-state index contributed by atoms with van der Waals surface area (Å²) >= 11 is 4.49. The Kier molecular flexibility index (Phi) is 4.90. The quantitative estimate of drug-likeness (QED) is 0.420. The number of hydrogen-bond donors (Lipinski definition) is 0. The highest BCUT2D eigenvalue weighted by Crippen LogP contribution is 2.18. The van der Waals surface area contributed by atoms with Crippen LogP contribution in [0.25, 0.3) is 0 Å². The fourth-order valence-electron chi connectivity index (χ4n) is 1.30. The van der Waals surface area contributed by atoms with E-state index in [2.05, 4.69) is 28.4 Å². The maximum absolute atomic E-state index is 5.24. The van der Waals surface area contributed by atoms with Gasteiger partial charge in [0, 0.05) is 6.54 Å². The van der Waals surface area contributed by atoms with Gasteiger partial charge >= 0.3 is 0 Å². The summed E-state index contributed by atoms with van der Waals surface area (Å²) in [7, 11) is 1.69. The SMILES string of the molecule is COc1ccccc1CCCN=C=S. The molecule has 74 valence electrons. The second-order valence-electron chi connectivity index (χ2n) is 2.89. The molecule has 0 radical (unpaired) electrons. The van der Waals surface area contributed by atoms with Crippen molar-refractivity contribution >= 4 is 17.4 Å². The molecule has 0 aliphatic rings. The number of isothiocyanates is 1. The van der Waals surface area contributed by atoms with Gasteiger partial charge in [0.05, 0.1) is 12.3 Å². The third-order valence-electron chi connectivity index (χ3n) is 1.97. The molecule has 14 heavy (non-hydrogen) atoms. The highest BCUT2D eigenvalue weighted by molar-refractivity contribution is 7.78. The summed E-state index contributed by atoms with van der Waals surface area (Å²) in [6, 6.07) is 8.02. The Morgan fingerprint density at radius 1 is 1.43 bits per heavy atom. The van der Waals surface area contributed by atoms with Crippen molar-refractivity contribution in [2.75, 3.05) is 13.7 Å². The van der Waals surface area contributed by atoms with Gasteiger partial charge in [-0.05, 0) is 36.7 Å². The Morgan fingerprint density at radius 3 is 2.93 bits per heavy atom. The van der Waals surface area contributed by atoms with E-state index in [0.29, 0.717) is 0 Å². The molecule has 1 rings (SSSR count). The van der Waals surface area contributed by atoms with Crippen LogP contribution in [-0.4, -0.2) is 18.8 Å². The van der Waals surface area contributed by atoms with Gasteiger partial charge in [-0.15, -0.1) is 0 Å². The van der Waals surface area contributed by atoms with Crippen molar-refractivity contribution in [3.05, 3.63) is 29.8 Å². The van der Waals surface area contributed by atoms with Gasteiger partial charge < -0.3 is 4.74 Å². The summed E-state index contributed by atoms with van der Waals surface area (Å²) in [6.45, 7) is 0.738. The number of para-hydroxylation sites is 1. The standard InChI is InChI=1S/C11H13NOS/c1-13-11-7-3-2-5-10(11)6-4-8-12-9-14/h2-3,5,7H,4,6,8H2,1H3. The topological polar surface area (TPSA) is 21.6 Å². The first kappa shape index (κ1) is 10.9. The normalized spacial score (nSPS) is 9.21. The van der Waals surface area contributed by atoms with Gasteiger partial charge in [0.15, 0.2) is 0 Å². The van der Waals surface area contributed by atoms with Crippen LogP contribution in [0.5, 0.6) is 5.75 Å². The van der Waals surface area contributed by atoms with Gasteiger partial charge in [-0.25, -0.2) is 4.99 Å². The molecule has 0 spiro atoms. The van der Waals surface area contributed by atoms with Crippen molar-refractivity contribution in [2.45, 2.75) is 12.8 Å². The molecule has 0 aliphatic carbocycles. The molecule has 0 bridgehead atoms. The van der Waals surface area contributed by atoms with E-state index in [-0.39, 0.29) is 0 Å². The number of nitrogens with zero attached hydrogens (tertiary/aromatic N) is 1. The first-order chi connectivity index (χ1) is 6.88. The number of ether oxygens (including phenoxy) is 1. The van der Waals surface area contributed by atoms with E-state index < -0.39 is 0 Å². The molecular formula is C11H13NOS. The van der Waals surface area contributed by atoms with Gasteiger partial charge in [0.1, 0.15) is 5.75 Å². The van der Waals surface area contributed by atoms with Crippen LogP contribution in [0.15, 0.2) is 29.3 Å². The van der Waals surface area contributed by atoms with Crippen molar-refractivity contribution < 1.29 is 4.74 Å². The van der Waals surface area contributed by atoms with Crippen LogP contribution >= 0.6 is 12.2 Å². The van der Waals surface area contributed by atoms with Crippen LogP contribution in [0, 0.1) is 0 Å². The molecule has 0 atom stereocenters. The highest BCUT2D eigenvalue weighted by atomic mass is 32.1. The maximum Gasteiger partial charge on any atom is 0.122 e. The lowest BCUT2D eigenvalue weighted by molar-refractivity contribution is 0.409. The Hall–Kier alpha value is -1.18. The lowest BCUT2D eigenvalue weighted by atomic mass is 10.1. The Balaban J connectivity index is 2.52. The monoisotopic (exact) mass is 207 g/mol. The van der Waals surface area contributed by atoms with Crippen molar-refractivity contribution in [3.63, 3.8) is 0 Å². The number of benzene rings is 1. The minimum absolute atomic E-state index is 0.738. The molecule has 0 aliphatic heterocycles. The molecule has 0 saturated heterocycles. The molecule has 0 saturated carbocycles. The first-order valence-electron chi connectivity index (χ1n) is 4.54. The Labute approximate surface area is 89.6 Å². The van der Waals surface area contributed by atoms with E-state index in [9.17, 15) is 0 Å². The van der Waals surface area contributed by atoms with Crippen molar-refractivity contribution in [2.24, 2.45) is 4.99 Å². The largest absolute Gasteiger partial charge is 0.496 e. The molecule has 0 unspecified atom stereocenters. The van der Waals surface area contributed by atoms with Crippen LogP contribution in [0.2, 0.25) is 0 Å². The molecule has 0 heterocycles. The molecule has 2 nitrogen and oxygen atoms in total. The third-order valence-corrected chi connectivity index (χ3v) is 2.10. The van der Waals surface area contributed by atoms with Gasteiger partial charge in [-0.2, -0.15) is 0 Å². The molecule has 1 aromatic rings. The summed E-state index contributed by atoms with van der Waals surface area (Å²) in [5, 5.41) is 2.36. The minimum atomic E-state index is 0.738. The average molecular weight is 207 g/mol. The zero-order valence-electron chi connectivity index (χ0n) is 8.19. The summed E-state index contributed by atoms with van der Waals surface area (Å²) in [4.78, 5) is 3.87. The molecule has 0 fully saturated rings. The molecule has 3 heteroatoms. The summed E-state index contributed by atoms with van der Waals surface area (Å²) in [6.07, 6.45) is 1.94. The molecule has 1 aromatic carbocycles. The molecule has 0 aromatic heterocycles. The number of hydrogen-bond acceptors (Lipinski definition) is 3. The van der Waals surface area contributed by atoms with Crippen molar-refractivity contribution in [3.8, 4) is 5.75 Å². The maximum atomic E-state index is 5.24. The van der Waals surface area contributed by atoms with E-state index in [0.717, 1.165) is 25.1 Å². The van der Waals surface area contributed by atoms with Crippen LogP contribution in [0.4, 0.5) is 0 Å². The molecular weight excluding hydrogens is 194 g/mol. The number of thiocarbonyl (C=S) groups is 1. The average Bonchev–Trinajstić information content (AvgIpc) is 2.25. The predicted molar refractivity (Wildman–Crippen MR) is 61.2 cm³/mol. The van der Waals surface area contributed by atoms with Crippen LogP contribution in [-0.2, 0) is 6.42 Å². The van der Waals surface area contributed by atoms with E-state index in [1.165, 1.54) is 5.56 Å². The lowest BCUT2D eigenvalue weighted by Gasteiger charge is -2.06. The van der Waals surface area contributed by atoms with Crippen LogP contribution < -0.4 is 4.74 Å². The smallest absolute Gasteiger partial charge is 0.122 e. The van der Waals surface area contributed by atoms with E-state index in [4.69, 9.17) is 4.74 Å². The van der Waals surface area contributed by atoms with E-state index in [1.807, 2.05) is 18.2 Å². The zero-order chi connectivity index (χ0) is 10.2. The lowest BCUT2D eigenvalue weighted by Crippen LogP contribution is -1.93. The van der Waals surface area contributed by atoms with Gasteiger partial charge in [-0.3, -0.25) is 0 Å². The Bertz CT molecular complexity index is 332. The second kappa shape index (κ2) is 6.30. The van der Waals surface area contributed by atoms with Crippen LogP contribution in [0.1, 0.15) is 12.0 Å². The zero-order valence-corrected chi connectivity index (χ0v) is 9.01. The van der Waals surface area contributed by atoms with E-state index >= 15 is 0 Å². The van der Waals surface area contributed by atoms with Crippen molar-refractivity contribution in [1.82, 2.24) is 0 Å². The Morgan fingerprint density at radius 2 is 2.21 bits per heavy atom. The molecule has 0 N–H and O–H groups in total. The number of methoxy groups -OCH3 is 1. The third kappa shape index (κ3) is 3.29. The first-order valence-corrected chi connectivity index (χ1v) is 4.95. The van der Waals surface area contributed by atoms with Gasteiger partial charge in [-0.1, -0.05) is 18.2 Å². The number of rotatable bonds is 5. The summed E-state index contributed by atoms with van der Waals surface area (Å²) < 4.78 is 5.24. The van der Waals surface area contributed by atoms with Crippen molar-refractivity contribution in [1.29, 1.82) is 0 Å². The second-order valence-corrected chi connectivity index (χ2v) is 3.07. The van der Waals surface area contributed by atoms with E-state index in [1.54, 1.807) is 7.11 Å². The van der Waals surface area contributed by atoms with Gasteiger partial charge in [0.2, 0.25) is 0 Å². The molecule has 0 amide bonds. The van der Waals surface area contributed by atoms with Crippen LogP contribution in [0.3, 0.4) is 0 Å². The number of aliphatic imine (C=N–C) groups is 1. The minimum Gasteiger partial charge on any atom is -0.496 e. The fourth-order valence-corrected chi connectivity index (χ4v) is 1.39. The summed E-state index contributed by atoms with van der Waals surface area (Å²) in [5.74, 6) is 0.943. The fraction of sp³-hybridized carbons (Fsp3) is 0.364. The summed E-state index contributed by atoms with van der Waals surface area (Å²) in [5.41, 5.74) is 1.22. The predicted octanol–water partition coefficient (Wildman–Crippen LogP) is 2.73. The highest BCUT2D eigenvalue weighted by Gasteiger charge is 1.99.